The van der Waals surface area contributed by atoms with Gasteiger partial charge in [-0.15, -0.1) is 0 Å². The zero-order valence-electron chi connectivity index (χ0n) is 10.7. The summed E-state index contributed by atoms with van der Waals surface area (Å²) in [6, 6.07) is 8.56. The van der Waals surface area contributed by atoms with Gasteiger partial charge in [-0.25, -0.2) is 0 Å². The van der Waals surface area contributed by atoms with E-state index in [1.807, 2.05) is 0 Å². The van der Waals surface area contributed by atoms with Gasteiger partial charge in [0.25, 0.3) is 0 Å². The molecule has 2 aliphatic heterocycles. The van der Waals surface area contributed by atoms with Crippen LogP contribution in [0.5, 0.6) is 0 Å². The number of benzene rings is 1. The molecule has 0 spiro atoms. The van der Waals surface area contributed by atoms with Gasteiger partial charge in [-0.1, -0.05) is 24.3 Å². The Hall–Kier alpha value is -0.900. The number of rotatable bonds is 2. The van der Waals surface area contributed by atoms with E-state index in [0.29, 0.717) is 5.92 Å². The molecule has 0 aromatic heterocycles. The van der Waals surface area contributed by atoms with Gasteiger partial charge in [0.05, 0.1) is 19.3 Å². The van der Waals surface area contributed by atoms with E-state index in [4.69, 9.17) is 15.2 Å². The fourth-order valence-corrected chi connectivity index (χ4v) is 3.06. The minimum atomic E-state index is 0.0432. The molecule has 0 aliphatic carbocycles. The SMILES string of the molecule is NC(C1CCCOC1)C1OCCc2ccccc21. The first-order valence-corrected chi connectivity index (χ1v) is 6.89. The molecule has 3 nitrogen and oxygen atoms in total. The highest BCUT2D eigenvalue weighted by Crippen LogP contribution is 2.33. The van der Waals surface area contributed by atoms with Crippen molar-refractivity contribution in [2.24, 2.45) is 11.7 Å². The maximum absolute atomic E-state index is 6.43. The smallest absolute Gasteiger partial charge is 0.0982 e. The van der Waals surface area contributed by atoms with Crippen LogP contribution in [0.1, 0.15) is 30.1 Å². The molecule has 0 amide bonds. The fraction of sp³-hybridized carbons (Fsp3) is 0.600. The number of fused-ring (bicyclic) bond motifs is 1. The van der Waals surface area contributed by atoms with Gasteiger partial charge in [0.2, 0.25) is 0 Å². The second-order valence-electron chi connectivity index (χ2n) is 5.29. The molecule has 3 heteroatoms. The predicted octanol–water partition coefficient (Wildman–Crippen LogP) is 2.05. The van der Waals surface area contributed by atoms with Gasteiger partial charge in [-0.2, -0.15) is 0 Å². The summed E-state index contributed by atoms with van der Waals surface area (Å²) in [5.74, 6) is 0.426. The summed E-state index contributed by atoms with van der Waals surface area (Å²) in [6.45, 7) is 2.44. The number of nitrogens with two attached hydrogens (primary N) is 1. The number of ether oxygens (including phenoxy) is 2. The summed E-state index contributed by atoms with van der Waals surface area (Å²) >= 11 is 0. The Kier molecular flexibility index (Phi) is 3.64. The van der Waals surface area contributed by atoms with Gasteiger partial charge in [0, 0.05) is 18.6 Å². The molecule has 2 N–H and O–H groups in total. The summed E-state index contributed by atoms with van der Waals surface area (Å²) < 4.78 is 11.5. The van der Waals surface area contributed by atoms with E-state index in [1.54, 1.807) is 0 Å². The normalized spacial score (nSPS) is 29.6. The van der Waals surface area contributed by atoms with Crippen molar-refractivity contribution in [1.82, 2.24) is 0 Å². The standard InChI is InChI=1S/C15H21NO2/c16-14(12-5-3-8-17-10-12)15-13-6-2-1-4-11(13)7-9-18-15/h1-2,4,6,12,14-15H,3,5,7-10,16H2. The maximum Gasteiger partial charge on any atom is 0.0982 e. The third-order valence-corrected chi connectivity index (χ3v) is 4.12. The third-order valence-electron chi connectivity index (χ3n) is 4.12. The first-order valence-electron chi connectivity index (χ1n) is 6.89. The Morgan fingerprint density at radius 1 is 1.22 bits per heavy atom. The number of hydrogen-bond donors (Lipinski definition) is 1. The molecule has 3 atom stereocenters. The average Bonchev–Trinajstić information content (AvgIpc) is 2.47. The number of hydrogen-bond acceptors (Lipinski definition) is 3. The van der Waals surface area contributed by atoms with E-state index < -0.39 is 0 Å². The van der Waals surface area contributed by atoms with Crippen molar-refractivity contribution in [2.45, 2.75) is 31.4 Å². The van der Waals surface area contributed by atoms with Gasteiger partial charge in [-0.3, -0.25) is 0 Å². The van der Waals surface area contributed by atoms with E-state index in [2.05, 4.69) is 24.3 Å². The third kappa shape index (κ3) is 2.30. The van der Waals surface area contributed by atoms with Crippen LogP contribution in [-0.2, 0) is 15.9 Å². The van der Waals surface area contributed by atoms with Gasteiger partial charge in [0.1, 0.15) is 0 Å². The molecular formula is C15H21NO2. The van der Waals surface area contributed by atoms with E-state index >= 15 is 0 Å². The first kappa shape index (κ1) is 12.2. The van der Waals surface area contributed by atoms with Crippen molar-refractivity contribution in [3.05, 3.63) is 35.4 Å². The highest BCUT2D eigenvalue weighted by molar-refractivity contribution is 5.32. The molecule has 0 bridgehead atoms. The van der Waals surface area contributed by atoms with Crippen molar-refractivity contribution in [3.63, 3.8) is 0 Å². The molecule has 0 saturated carbocycles. The van der Waals surface area contributed by atoms with Gasteiger partial charge in [-0.05, 0) is 30.4 Å². The Bertz CT molecular complexity index is 401. The highest BCUT2D eigenvalue weighted by atomic mass is 16.5. The lowest BCUT2D eigenvalue weighted by Crippen LogP contribution is -2.42. The molecule has 1 saturated heterocycles. The second kappa shape index (κ2) is 5.39. The summed E-state index contributed by atoms with van der Waals surface area (Å²) in [5, 5.41) is 0. The lowest BCUT2D eigenvalue weighted by atomic mass is 9.85. The van der Waals surface area contributed by atoms with Gasteiger partial charge < -0.3 is 15.2 Å². The minimum Gasteiger partial charge on any atom is -0.381 e. The molecular weight excluding hydrogens is 226 g/mol. The highest BCUT2D eigenvalue weighted by Gasteiger charge is 2.32. The van der Waals surface area contributed by atoms with E-state index in [9.17, 15) is 0 Å². The molecule has 1 aromatic carbocycles. The first-order chi connectivity index (χ1) is 8.86. The van der Waals surface area contributed by atoms with Crippen molar-refractivity contribution in [1.29, 1.82) is 0 Å². The van der Waals surface area contributed by atoms with Crippen LogP contribution in [0.4, 0.5) is 0 Å². The van der Waals surface area contributed by atoms with Gasteiger partial charge in [0.15, 0.2) is 0 Å². The van der Waals surface area contributed by atoms with Crippen LogP contribution in [0.25, 0.3) is 0 Å². The summed E-state index contributed by atoms with van der Waals surface area (Å²) in [4.78, 5) is 0. The average molecular weight is 247 g/mol. The minimum absolute atomic E-state index is 0.0432. The largest absolute Gasteiger partial charge is 0.381 e. The second-order valence-corrected chi connectivity index (χ2v) is 5.29. The monoisotopic (exact) mass is 247 g/mol. The fourth-order valence-electron chi connectivity index (χ4n) is 3.06. The Labute approximate surface area is 108 Å². The summed E-state index contributed by atoms with van der Waals surface area (Å²) in [7, 11) is 0. The molecule has 3 rings (SSSR count). The Morgan fingerprint density at radius 2 is 2.11 bits per heavy atom. The lowest BCUT2D eigenvalue weighted by molar-refractivity contribution is -0.0229. The quantitative estimate of drug-likeness (QED) is 0.870. The summed E-state index contributed by atoms with van der Waals surface area (Å²) in [6.07, 6.45) is 3.32. The van der Waals surface area contributed by atoms with E-state index in [0.717, 1.165) is 39.1 Å². The molecule has 1 aromatic rings. The van der Waals surface area contributed by atoms with Gasteiger partial charge >= 0.3 is 0 Å². The molecule has 2 aliphatic rings. The molecule has 3 unspecified atom stereocenters. The molecule has 18 heavy (non-hydrogen) atoms. The molecule has 1 fully saturated rings. The van der Waals surface area contributed by atoms with Crippen molar-refractivity contribution in [3.8, 4) is 0 Å². The van der Waals surface area contributed by atoms with E-state index in [-0.39, 0.29) is 12.1 Å². The zero-order valence-corrected chi connectivity index (χ0v) is 10.7. The summed E-state index contributed by atoms with van der Waals surface area (Å²) in [5.41, 5.74) is 9.10. The van der Waals surface area contributed by atoms with Crippen LogP contribution in [-0.4, -0.2) is 25.9 Å². The van der Waals surface area contributed by atoms with Crippen molar-refractivity contribution < 1.29 is 9.47 Å². The topological polar surface area (TPSA) is 44.5 Å². The van der Waals surface area contributed by atoms with Crippen LogP contribution in [0.2, 0.25) is 0 Å². The van der Waals surface area contributed by atoms with Crippen LogP contribution in [0, 0.1) is 5.92 Å². The zero-order chi connectivity index (χ0) is 12.4. The molecule has 0 radical (unpaired) electrons. The van der Waals surface area contributed by atoms with Crippen LogP contribution >= 0.6 is 0 Å². The van der Waals surface area contributed by atoms with Crippen molar-refractivity contribution in [2.75, 3.05) is 19.8 Å². The predicted molar refractivity (Wildman–Crippen MR) is 70.4 cm³/mol. The molecule has 2 heterocycles. The lowest BCUT2D eigenvalue weighted by Gasteiger charge is -2.36. The Morgan fingerprint density at radius 3 is 2.94 bits per heavy atom. The maximum atomic E-state index is 6.43. The van der Waals surface area contributed by atoms with Crippen LogP contribution in [0.3, 0.4) is 0 Å². The van der Waals surface area contributed by atoms with Crippen molar-refractivity contribution >= 4 is 0 Å². The van der Waals surface area contributed by atoms with Crippen LogP contribution in [0.15, 0.2) is 24.3 Å². The molecule has 98 valence electrons. The van der Waals surface area contributed by atoms with Crippen LogP contribution < -0.4 is 5.73 Å². The Balaban J connectivity index is 1.80. The van der Waals surface area contributed by atoms with E-state index in [1.165, 1.54) is 11.1 Å².